The zero-order valence-corrected chi connectivity index (χ0v) is 21.4. The molecule has 0 spiro atoms. The third-order valence-electron chi connectivity index (χ3n) is 4.90. The number of hydrogen-bond donors (Lipinski definition) is 1. The Labute approximate surface area is 189 Å². The van der Waals surface area contributed by atoms with Crippen molar-refractivity contribution in [3.63, 3.8) is 0 Å². The van der Waals surface area contributed by atoms with Gasteiger partial charge in [-0.3, -0.25) is 9.89 Å². The first-order valence-corrected chi connectivity index (χ1v) is 10.2. The van der Waals surface area contributed by atoms with Gasteiger partial charge in [-0.2, -0.15) is 0 Å². The van der Waals surface area contributed by atoms with Gasteiger partial charge in [-0.25, -0.2) is 4.79 Å². The molecular formula is C20H42IN5O2. The van der Waals surface area contributed by atoms with Crippen molar-refractivity contribution < 1.29 is 9.53 Å². The molecule has 8 heteroatoms. The van der Waals surface area contributed by atoms with Crippen LogP contribution in [-0.4, -0.2) is 91.8 Å². The second-order valence-electron chi connectivity index (χ2n) is 8.50. The molecule has 0 aliphatic carbocycles. The largest absolute Gasteiger partial charge is 0.444 e. The molecule has 0 aromatic rings. The summed E-state index contributed by atoms with van der Waals surface area (Å²) in [5, 5.41) is 3.48. The summed E-state index contributed by atoms with van der Waals surface area (Å²) in [6.45, 7) is 17.9. The van der Waals surface area contributed by atoms with E-state index in [2.05, 4.69) is 40.9 Å². The van der Waals surface area contributed by atoms with Crippen LogP contribution in [0.4, 0.5) is 4.79 Å². The van der Waals surface area contributed by atoms with Crippen molar-refractivity contribution in [2.75, 3.05) is 53.4 Å². The number of rotatable bonds is 7. The highest BCUT2D eigenvalue weighted by molar-refractivity contribution is 14.0. The molecule has 0 bridgehead atoms. The van der Waals surface area contributed by atoms with E-state index >= 15 is 0 Å². The quantitative estimate of drug-likeness (QED) is 0.324. The van der Waals surface area contributed by atoms with Gasteiger partial charge in [0.25, 0.3) is 0 Å². The van der Waals surface area contributed by atoms with E-state index in [0.717, 1.165) is 38.7 Å². The number of likely N-dealkylation sites (tertiary alicyclic amines) is 1. The topological polar surface area (TPSA) is 60.4 Å². The Hall–Kier alpha value is -0.770. The molecule has 28 heavy (non-hydrogen) atoms. The Balaban J connectivity index is 0.00000729. The summed E-state index contributed by atoms with van der Waals surface area (Å²) in [5.41, 5.74) is -0.466. The smallest absolute Gasteiger partial charge is 0.410 e. The van der Waals surface area contributed by atoms with E-state index in [4.69, 9.17) is 4.74 Å². The van der Waals surface area contributed by atoms with Gasteiger partial charge < -0.3 is 19.9 Å². The van der Waals surface area contributed by atoms with Gasteiger partial charge in [-0.05, 0) is 46.2 Å². The number of nitrogens with zero attached hydrogens (tertiary/aromatic N) is 4. The number of ether oxygens (including phenoxy) is 1. The van der Waals surface area contributed by atoms with E-state index < -0.39 is 5.60 Å². The second kappa shape index (κ2) is 12.7. The Bertz CT molecular complexity index is 491. The first-order valence-electron chi connectivity index (χ1n) is 10.2. The van der Waals surface area contributed by atoms with E-state index in [9.17, 15) is 4.79 Å². The van der Waals surface area contributed by atoms with Crippen molar-refractivity contribution in [1.29, 1.82) is 0 Å². The molecule has 166 valence electrons. The number of hydrogen-bond acceptors (Lipinski definition) is 4. The monoisotopic (exact) mass is 511 g/mol. The lowest BCUT2D eigenvalue weighted by Crippen LogP contribution is -2.45. The molecule has 0 radical (unpaired) electrons. The normalized spacial score (nSPS) is 18.7. The number of guanidine groups is 1. The molecule has 1 heterocycles. The molecule has 1 aliphatic rings. The van der Waals surface area contributed by atoms with Crippen LogP contribution in [0.1, 0.15) is 48.0 Å². The summed E-state index contributed by atoms with van der Waals surface area (Å²) < 4.78 is 5.41. The van der Waals surface area contributed by atoms with Gasteiger partial charge in [-0.15, -0.1) is 24.0 Å². The summed E-state index contributed by atoms with van der Waals surface area (Å²) >= 11 is 0. The number of halogens is 1. The van der Waals surface area contributed by atoms with Gasteiger partial charge in [0.05, 0.1) is 0 Å². The Morgan fingerprint density at radius 3 is 2.43 bits per heavy atom. The zero-order chi connectivity index (χ0) is 20.6. The van der Waals surface area contributed by atoms with Crippen LogP contribution in [0, 0.1) is 5.92 Å². The zero-order valence-electron chi connectivity index (χ0n) is 19.1. The van der Waals surface area contributed by atoms with Gasteiger partial charge >= 0.3 is 6.09 Å². The highest BCUT2D eigenvalue weighted by atomic mass is 127. The van der Waals surface area contributed by atoms with E-state index in [1.54, 1.807) is 11.9 Å². The molecule has 1 N–H and O–H groups in total. The van der Waals surface area contributed by atoms with Gasteiger partial charge in [0.15, 0.2) is 5.96 Å². The minimum atomic E-state index is -0.466. The lowest BCUT2D eigenvalue weighted by atomic mass is 10.1. The fraction of sp³-hybridized carbons (Fsp3) is 0.900. The second-order valence-corrected chi connectivity index (χ2v) is 8.50. The summed E-state index contributed by atoms with van der Waals surface area (Å²) in [7, 11) is 3.62. The van der Waals surface area contributed by atoms with Crippen LogP contribution in [0.2, 0.25) is 0 Å². The summed E-state index contributed by atoms with van der Waals surface area (Å²) in [4.78, 5) is 23.1. The van der Waals surface area contributed by atoms with Crippen molar-refractivity contribution in [2.45, 2.75) is 59.6 Å². The molecule has 0 aromatic carbocycles. The highest BCUT2D eigenvalue weighted by Gasteiger charge is 2.28. The predicted molar refractivity (Wildman–Crippen MR) is 128 cm³/mol. The van der Waals surface area contributed by atoms with E-state index in [0.29, 0.717) is 18.5 Å². The number of amides is 1. The molecule has 7 nitrogen and oxygen atoms in total. The average molecular weight is 511 g/mol. The van der Waals surface area contributed by atoms with Crippen molar-refractivity contribution in [3.05, 3.63) is 0 Å². The van der Waals surface area contributed by atoms with Gasteiger partial charge in [0, 0.05) is 46.3 Å². The highest BCUT2D eigenvalue weighted by Crippen LogP contribution is 2.15. The molecule has 0 saturated carbocycles. The Morgan fingerprint density at radius 2 is 1.93 bits per heavy atom. The molecular weight excluding hydrogens is 469 g/mol. The van der Waals surface area contributed by atoms with Crippen LogP contribution in [0.5, 0.6) is 0 Å². The molecule has 1 saturated heterocycles. The maximum atomic E-state index is 12.1. The first kappa shape index (κ1) is 27.2. The van der Waals surface area contributed by atoms with Crippen LogP contribution in [-0.2, 0) is 4.74 Å². The van der Waals surface area contributed by atoms with Crippen LogP contribution in [0.25, 0.3) is 0 Å². The maximum absolute atomic E-state index is 12.1. The number of aliphatic imine (C=N–C) groups is 1. The number of carbonyl (C=O) groups excluding carboxylic acids is 1. The standard InChI is InChI=1S/C20H41N5O2.HI/c1-9-24(10-2)17-11-12-25(15-17)18(21-7)22-13-16(3)14-23(8)19(26)27-20(4,5)6;/h16-17H,9-15H2,1-8H3,(H,21,22);1H. The number of carbonyl (C=O) groups is 1. The molecule has 1 amide bonds. The third kappa shape index (κ3) is 9.15. The van der Waals surface area contributed by atoms with Gasteiger partial charge in [0.1, 0.15) is 5.60 Å². The van der Waals surface area contributed by atoms with Crippen LogP contribution in [0.3, 0.4) is 0 Å². The molecule has 2 unspecified atom stereocenters. The average Bonchev–Trinajstić information content (AvgIpc) is 3.04. The van der Waals surface area contributed by atoms with Crippen molar-refractivity contribution >= 4 is 36.0 Å². The molecule has 1 fully saturated rings. The van der Waals surface area contributed by atoms with E-state index in [1.165, 1.54) is 6.42 Å². The Kier molecular flexibility index (Phi) is 12.4. The van der Waals surface area contributed by atoms with Gasteiger partial charge in [-0.1, -0.05) is 20.8 Å². The summed E-state index contributed by atoms with van der Waals surface area (Å²) in [6.07, 6.45) is 0.902. The van der Waals surface area contributed by atoms with Crippen LogP contribution >= 0.6 is 24.0 Å². The van der Waals surface area contributed by atoms with Gasteiger partial charge in [0.2, 0.25) is 0 Å². The molecule has 2 atom stereocenters. The summed E-state index contributed by atoms with van der Waals surface area (Å²) in [5.74, 6) is 1.25. The van der Waals surface area contributed by atoms with E-state index in [1.807, 2.05) is 27.8 Å². The van der Waals surface area contributed by atoms with Crippen molar-refractivity contribution in [2.24, 2.45) is 10.9 Å². The van der Waals surface area contributed by atoms with Crippen molar-refractivity contribution in [3.8, 4) is 0 Å². The van der Waals surface area contributed by atoms with E-state index in [-0.39, 0.29) is 30.1 Å². The predicted octanol–water partition coefficient (Wildman–Crippen LogP) is 3.10. The van der Waals surface area contributed by atoms with Crippen LogP contribution < -0.4 is 5.32 Å². The minimum Gasteiger partial charge on any atom is -0.444 e. The maximum Gasteiger partial charge on any atom is 0.410 e. The first-order chi connectivity index (χ1) is 12.6. The van der Waals surface area contributed by atoms with Crippen molar-refractivity contribution in [1.82, 2.24) is 20.0 Å². The summed E-state index contributed by atoms with van der Waals surface area (Å²) in [6, 6.07) is 0.606. The third-order valence-corrected chi connectivity index (χ3v) is 4.90. The number of nitrogens with one attached hydrogen (secondary N) is 1. The molecule has 1 rings (SSSR count). The lowest BCUT2D eigenvalue weighted by Gasteiger charge is -2.28. The SMILES string of the molecule is CCN(CC)C1CCN(C(=NC)NCC(C)CN(C)C(=O)OC(C)(C)C)C1.I. The fourth-order valence-corrected chi connectivity index (χ4v) is 3.52. The Morgan fingerprint density at radius 1 is 1.32 bits per heavy atom. The lowest BCUT2D eigenvalue weighted by molar-refractivity contribution is 0.0278. The minimum absolute atomic E-state index is 0. The van der Waals surface area contributed by atoms with Crippen LogP contribution in [0.15, 0.2) is 4.99 Å². The molecule has 1 aliphatic heterocycles. The fourth-order valence-electron chi connectivity index (χ4n) is 3.52. The molecule has 0 aromatic heterocycles. The number of likely N-dealkylation sites (N-methyl/N-ethyl adjacent to an activating group) is 1.